The van der Waals surface area contributed by atoms with Crippen LogP contribution in [0.1, 0.15) is 5.71 Å². The maximum absolute atomic E-state index is 8.88. The van der Waals surface area contributed by atoms with Gasteiger partial charge in [0.1, 0.15) is 0 Å². The number of rotatable bonds is 0. The summed E-state index contributed by atoms with van der Waals surface area (Å²) in [4.78, 5) is 79.0. The molecule has 24 heteroatoms. The van der Waals surface area contributed by atoms with Crippen molar-refractivity contribution in [2.75, 3.05) is 0 Å². The largest absolute Gasteiger partial charge is 2.00 e. The van der Waals surface area contributed by atoms with Crippen molar-refractivity contribution in [1.82, 2.24) is 0 Å². The maximum Gasteiger partial charge on any atom is 2.00 e. The van der Waals surface area contributed by atoms with Crippen molar-refractivity contribution in [2.45, 2.75) is 0 Å². The fourth-order valence-corrected chi connectivity index (χ4v) is 0. The van der Waals surface area contributed by atoms with Gasteiger partial charge in [0, 0.05) is 19.5 Å². The molecule has 0 heterocycles. The Morgan fingerprint density at radius 2 is 0.667 bits per heavy atom. The summed E-state index contributed by atoms with van der Waals surface area (Å²) in [6, 6.07) is 0. The van der Waals surface area contributed by atoms with Crippen LogP contribution in [0.3, 0.4) is 0 Å². The molecule has 13 N–H and O–H groups in total. The molecule has 0 radical (unpaired) electrons. The van der Waals surface area contributed by atoms with E-state index >= 15 is 0 Å². The first-order chi connectivity index (χ1) is 7.73. The first-order valence-corrected chi connectivity index (χ1v) is 9.00. The van der Waals surface area contributed by atoms with Crippen LogP contribution in [0.5, 0.6) is 0 Å². The van der Waals surface area contributed by atoms with Crippen molar-refractivity contribution >= 4 is 133 Å². The SMILES string of the molecule is O.O=P(O)(O)O.O=P(O)(O)O.O=P(O)(O)O.O=[Si](O)O.[AlH3].[Ca+2].[H-].[H-].[H-].[H-].[Sr+2].[Zn]. The molecule has 0 aromatic heterocycles. The van der Waals surface area contributed by atoms with Crippen LogP contribution in [0.25, 0.3) is 0 Å². The van der Waals surface area contributed by atoms with Crippen LogP contribution in [0.2, 0.25) is 0 Å². The van der Waals surface area contributed by atoms with Gasteiger partial charge < -0.3 is 64.8 Å². The van der Waals surface area contributed by atoms with Crippen molar-refractivity contribution in [2.24, 2.45) is 0 Å². The van der Waals surface area contributed by atoms with E-state index in [4.69, 9.17) is 71.8 Å². The van der Waals surface area contributed by atoms with Crippen LogP contribution in [0, 0.1) is 0 Å². The number of phosphoric acid groups is 3. The zero-order valence-electron chi connectivity index (χ0n) is 15.0. The first kappa shape index (κ1) is 56.5. The van der Waals surface area contributed by atoms with Gasteiger partial charge in [-0.2, -0.15) is 0 Å². The summed E-state index contributed by atoms with van der Waals surface area (Å²) >= 11 is 0. The van der Waals surface area contributed by atoms with Crippen molar-refractivity contribution in [3.63, 3.8) is 0 Å². The van der Waals surface area contributed by atoms with Gasteiger partial charge in [-0.05, 0) is 0 Å². The molecule has 0 aromatic rings. The fraction of sp³-hybridized carbons (Fsp3) is 0. The molecule has 0 bridgehead atoms. The third-order valence-corrected chi connectivity index (χ3v) is 0. The molecule has 0 aliphatic rings. The van der Waals surface area contributed by atoms with E-state index in [1.54, 1.807) is 0 Å². The van der Waals surface area contributed by atoms with Crippen LogP contribution in [0.4, 0.5) is 0 Å². The molecule has 16 nitrogen and oxygen atoms in total. The monoisotopic (exact) mass is 616 g/mol. The van der Waals surface area contributed by atoms with Crippen molar-refractivity contribution < 1.29 is 102 Å². The van der Waals surface area contributed by atoms with E-state index in [-0.39, 0.29) is 131 Å². The van der Waals surface area contributed by atoms with Gasteiger partial charge in [0.2, 0.25) is 0 Å². The Labute approximate surface area is 232 Å². The molecule has 0 fully saturated rings. The molecule has 0 amide bonds. The molecule has 24 heavy (non-hydrogen) atoms. The Bertz CT molecular complexity index is 314. The second-order valence-corrected chi connectivity index (χ2v) is 5.47. The van der Waals surface area contributed by atoms with E-state index in [9.17, 15) is 0 Å². The van der Waals surface area contributed by atoms with Gasteiger partial charge in [-0.25, -0.2) is 13.7 Å². The summed E-state index contributed by atoms with van der Waals surface area (Å²) in [5.74, 6) is 0. The smallest absolute Gasteiger partial charge is 1.00 e. The zero-order chi connectivity index (χ0) is 17.1. The predicted octanol–water partition coefficient (Wildman–Crippen LogP) is -6.72. The van der Waals surface area contributed by atoms with Gasteiger partial charge in [-0.15, -0.1) is 0 Å². The molecule has 0 unspecified atom stereocenters. The Morgan fingerprint density at radius 1 is 0.667 bits per heavy atom. The van der Waals surface area contributed by atoms with E-state index in [1.165, 1.54) is 0 Å². The summed E-state index contributed by atoms with van der Waals surface area (Å²) in [6.45, 7) is 0. The molecular formula is H20AlCaO16P3SiSrZn. The Kier molecular flexibility index (Phi) is 68.3. The van der Waals surface area contributed by atoms with E-state index < -0.39 is 32.6 Å². The number of hydrogen-bond donors (Lipinski definition) is 11. The second kappa shape index (κ2) is 29.0. The number of hydrogen-bond acceptors (Lipinski definition) is 4. The van der Waals surface area contributed by atoms with Crippen molar-refractivity contribution in [3.05, 3.63) is 0 Å². The van der Waals surface area contributed by atoms with Crippen LogP contribution in [-0.4, -0.2) is 169 Å². The Hall–Kier alpha value is 3.80. The third-order valence-electron chi connectivity index (χ3n) is 0. The molecular weight excluding hydrogens is 597 g/mol. The minimum Gasteiger partial charge on any atom is -1.00 e. The summed E-state index contributed by atoms with van der Waals surface area (Å²) in [5, 5.41) is 0. The van der Waals surface area contributed by atoms with Gasteiger partial charge >= 0.3 is 116 Å². The van der Waals surface area contributed by atoms with E-state index in [2.05, 4.69) is 0 Å². The quantitative estimate of drug-likeness (QED) is 0.0889. The molecule has 0 aromatic carbocycles. The minimum absolute atomic E-state index is 0. The average Bonchev–Trinajstić information content (AvgIpc) is 1.66. The van der Waals surface area contributed by atoms with Gasteiger partial charge in [0.15, 0.2) is 17.4 Å². The van der Waals surface area contributed by atoms with Gasteiger partial charge in [-0.3, -0.25) is 4.46 Å². The average molecular weight is 617 g/mol. The third kappa shape index (κ3) is 1100. The van der Waals surface area contributed by atoms with E-state index in [0.29, 0.717) is 0 Å². The second-order valence-electron chi connectivity index (χ2n) is 1.82. The maximum atomic E-state index is 8.88. The van der Waals surface area contributed by atoms with Crippen molar-refractivity contribution in [1.29, 1.82) is 0 Å². The fourth-order valence-electron chi connectivity index (χ4n) is 0. The molecule has 0 saturated carbocycles. The molecule has 0 saturated heterocycles. The standard InChI is InChI=1S/Al.Ca.3H3O4P.H2O3Si.H2O.Sr.Zn.7H/c;;3*1-5(2,3)4;1-4(2)3;;;;;;;;;;/h;;3*(H3,1,2,3,4);1-2H;1H2;;;;;;;;;/q;+2;;;;;;+2;;;;;4*-1. The molecule has 0 atom stereocenters. The van der Waals surface area contributed by atoms with Crippen LogP contribution < -0.4 is 0 Å². The minimum atomic E-state index is -4.64. The predicted molar refractivity (Wildman–Crippen MR) is 83.2 cm³/mol. The summed E-state index contributed by atoms with van der Waals surface area (Å²) in [6.07, 6.45) is 0. The summed E-state index contributed by atoms with van der Waals surface area (Å²) in [5.41, 5.74) is 0. The summed E-state index contributed by atoms with van der Waals surface area (Å²) < 4.78 is 35.4. The molecule has 0 aliphatic heterocycles. The van der Waals surface area contributed by atoms with Crippen LogP contribution in [0.15, 0.2) is 0 Å². The molecule has 0 aliphatic carbocycles. The van der Waals surface area contributed by atoms with E-state index in [0.717, 1.165) is 0 Å². The first-order valence-electron chi connectivity index (χ1n) is 3.00. The topological polar surface area (TPSA) is 322 Å². The van der Waals surface area contributed by atoms with Crippen molar-refractivity contribution in [3.8, 4) is 0 Å². The zero-order valence-corrected chi connectivity index (χ0v) is 23.4. The van der Waals surface area contributed by atoms with Gasteiger partial charge in [-0.1, -0.05) is 0 Å². The van der Waals surface area contributed by atoms with Gasteiger partial charge in [0.25, 0.3) is 0 Å². The molecule has 0 rings (SSSR count). The Morgan fingerprint density at radius 3 is 0.667 bits per heavy atom. The summed E-state index contributed by atoms with van der Waals surface area (Å²) in [7, 11) is -17.0. The van der Waals surface area contributed by atoms with Gasteiger partial charge in [0.05, 0.1) is 0 Å². The Balaban J connectivity index is -0.00000000882. The normalized spacial score (nSPS) is 8.38. The molecule has 144 valence electrons. The molecule has 0 spiro atoms. The van der Waals surface area contributed by atoms with Crippen LogP contribution >= 0.6 is 23.5 Å². The van der Waals surface area contributed by atoms with E-state index in [1.807, 2.05) is 0 Å². The van der Waals surface area contributed by atoms with Crippen LogP contribution in [-0.2, 0) is 37.6 Å².